The van der Waals surface area contributed by atoms with Crippen molar-refractivity contribution in [1.29, 1.82) is 0 Å². The van der Waals surface area contributed by atoms with Crippen molar-refractivity contribution >= 4 is 5.91 Å². The second-order valence-electron chi connectivity index (χ2n) is 10.6. The average molecular weight is 446 g/mol. The molecule has 0 radical (unpaired) electrons. The van der Waals surface area contributed by atoms with Crippen LogP contribution in [0.1, 0.15) is 60.4 Å². The highest BCUT2D eigenvalue weighted by molar-refractivity contribution is 5.76. The van der Waals surface area contributed by atoms with Gasteiger partial charge in [0, 0.05) is 26.1 Å². The lowest BCUT2D eigenvalue weighted by Crippen LogP contribution is -2.39. The topological polar surface area (TPSA) is 35.6 Å². The SMILES string of the molecule is CN1CCC(C(NC(=O)CCc2cccc3c2CCN(CC2CC2)C3)c2ccccc2)CC1. The predicted octanol–water partition coefficient (Wildman–Crippen LogP) is 4.59. The van der Waals surface area contributed by atoms with Crippen LogP contribution < -0.4 is 5.32 Å². The number of hydrogen-bond acceptors (Lipinski definition) is 3. The van der Waals surface area contributed by atoms with Gasteiger partial charge >= 0.3 is 0 Å². The zero-order valence-electron chi connectivity index (χ0n) is 20.1. The molecule has 1 amide bonds. The van der Waals surface area contributed by atoms with Crippen LogP contribution in [0.15, 0.2) is 48.5 Å². The van der Waals surface area contributed by atoms with Gasteiger partial charge < -0.3 is 10.2 Å². The van der Waals surface area contributed by atoms with Gasteiger partial charge in [-0.15, -0.1) is 0 Å². The van der Waals surface area contributed by atoms with Crippen LogP contribution in [0.2, 0.25) is 0 Å². The normalized spacial score (nSPS) is 20.9. The number of benzene rings is 2. The van der Waals surface area contributed by atoms with Crippen molar-refractivity contribution in [3.8, 4) is 0 Å². The number of rotatable bonds is 8. The van der Waals surface area contributed by atoms with Gasteiger partial charge in [0.1, 0.15) is 0 Å². The molecule has 2 aromatic rings. The van der Waals surface area contributed by atoms with Gasteiger partial charge in [0.05, 0.1) is 6.04 Å². The molecule has 4 heteroatoms. The number of carbonyl (C=O) groups excluding carboxylic acids is 1. The first-order valence-corrected chi connectivity index (χ1v) is 13.0. The van der Waals surface area contributed by atoms with E-state index >= 15 is 0 Å². The molecule has 0 spiro atoms. The first-order valence-electron chi connectivity index (χ1n) is 13.0. The molecular formula is C29H39N3O. The molecule has 1 atom stereocenters. The van der Waals surface area contributed by atoms with E-state index in [0.717, 1.165) is 51.2 Å². The molecule has 2 aromatic carbocycles. The Morgan fingerprint density at radius 1 is 1.00 bits per heavy atom. The van der Waals surface area contributed by atoms with Gasteiger partial charge in [-0.2, -0.15) is 0 Å². The van der Waals surface area contributed by atoms with Crippen molar-refractivity contribution < 1.29 is 4.79 Å². The fourth-order valence-corrected chi connectivity index (χ4v) is 5.79. The third kappa shape index (κ3) is 5.85. The lowest BCUT2D eigenvalue weighted by Gasteiger charge is -2.35. The standard InChI is InChI=1S/C29H39N3O/c1-31-17-14-25(15-18-31)29(24-6-3-2-4-7-24)30-28(33)13-12-23-8-5-9-26-21-32(19-16-27(23)26)20-22-10-11-22/h2-9,22,25,29H,10-21H2,1H3,(H,30,33). The summed E-state index contributed by atoms with van der Waals surface area (Å²) in [5.74, 6) is 1.64. The van der Waals surface area contributed by atoms with Gasteiger partial charge in [0.2, 0.25) is 5.91 Å². The third-order valence-electron chi connectivity index (χ3n) is 7.99. The molecule has 1 saturated heterocycles. The summed E-state index contributed by atoms with van der Waals surface area (Å²) in [5.41, 5.74) is 5.61. The number of likely N-dealkylation sites (tertiary alicyclic amines) is 1. The van der Waals surface area contributed by atoms with Crippen LogP contribution in [0.4, 0.5) is 0 Å². The lowest BCUT2D eigenvalue weighted by molar-refractivity contribution is -0.122. The Hall–Kier alpha value is -2.17. The maximum atomic E-state index is 13.1. The summed E-state index contributed by atoms with van der Waals surface area (Å²) in [4.78, 5) is 18.1. The van der Waals surface area contributed by atoms with E-state index < -0.39 is 0 Å². The van der Waals surface area contributed by atoms with Crippen molar-refractivity contribution in [2.24, 2.45) is 11.8 Å². The van der Waals surface area contributed by atoms with Gasteiger partial charge in [0.15, 0.2) is 0 Å². The van der Waals surface area contributed by atoms with Gasteiger partial charge in [0.25, 0.3) is 0 Å². The van der Waals surface area contributed by atoms with Gasteiger partial charge in [-0.25, -0.2) is 0 Å². The van der Waals surface area contributed by atoms with Crippen LogP contribution in [0.25, 0.3) is 0 Å². The molecular weight excluding hydrogens is 406 g/mol. The Morgan fingerprint density at radius 2 is 1.79 bits per heavy atom. The molecule has 1 saturated carbocycles. The van der Waals surface area contributed by atoms with Crippen molar-refractivity contribution in [2.75, 3.05) is 33.2 Å². The van der Waals surface area contributed by atoms with Gasteiger partial charge in [-0.3, -0.25) is 9.69 Å². The van der Waals surface area contributed by atoms with Gasteiger partial charge in [-0.1, -0.05) is 48.5 Å². The first kappa shape index (κ1) is 22.6. The smallest absolute Gasteiger partial charge is 0.220 e. The Bertz CT molecular complexity index is 931. The van der Waals surface area contributed by atoms with Gasteiger partial charge in [-0.05, 0) is 92.8 Å². The number of nitrogens with one attached hydrogen (secondary N) is 1. The number of aryl methyl sites for hydroxylation is 1. The minimum absolute atomic E-state index is 0.119. The van der Waals surface area contributed by atoms with Crippen molar-refractivity contribution in [3.63, 3.8) is 0 Å². The highest BCUT2D eigenvalue weighted by atomic mass is 16.1. The Labute approximate surface area is 199 Å². The number of carbonyl (C=O) groups is 1. The fraction of sp³-hybridized carbons (Fsp3) is 0.552. The molecule has 5 rings (SSSR count). The van der Waals surface area contributed by atoms with Crippen molar-refractivity contribution in [2.45, 2.75) is 57.5 Å². The van der Waals surface area contributed by atoms with Crippen LogP contribution in [-0.4, -0.2) is 48.9 Å². The summed E-state index contributed by atoms with van der Waals surface area (Å²) in [6.07, 6.45) is 7.65. The fourth-order valence-electron chi connectivity index (χ4n) is 5.79. The molecule has 0 bridgehead atoms. The molecule has 2 aliphatic heterocycles. The largest absolute Gasteiger partial charge is 0.349 e. The number of hydrogen-bond donors (Lipinski definition) is 1. The molecule has 4 nitrogen and oxygen atoms in total. The Morgan fingerprint density at radius 3 is 2.55 bits per heavy atom. The minimum Gasteiger partial charge on any atom is -0.349 e. The van der Waals surface area contributed by atoms with E-state index in [1.54, 1.807) is 0 Å². The summed E-state index contributed by atoms with van der Waals surface area (Å²) in [6, 6.07) is 17.4. The Kier molecular flexibility index (Phi) is 7.13. The summed E-state index contributed by atoms with van der Waals surface area (Å²) in [5, 5.41) is 3.44. The third-order valence-corrected chi connectivity index (χ3v) is 7.99. The van der Waals surface area contributed by atoms with Crippen LogP contribution >= 0.6 is 0 Å². The van der Waals surface area contributed by atoms with E-state index in [0.29, 0.717) is 12.3 Å². The highest BCUT2D eigenvalue weighted by Crippen LogP contribution is 2.33. The van der Waals surface area contributed by atoms with E-state index in [2.05, 4.69) is 70.7 Å². The Balaban J connectivity index is 1.21. The minimum atomic E-state index is 0.119. The molecule has 1 unspecified atom stereocenters. The molecule has 2 fully saturated rings. The number of nitrogens with zero attached hydrogens (tertiary/aromatic N) is 2. The van der Waals surface area contributed by atoms with Crippen LogP contribution in [0.3, 0.4) is 0 Å². The van der Waals surface area contributed by atoms with Crippen molar-refractivity contribution in [3.05, 3.63) is 70.8 Å². The van der Waals surface area contributed by atoms with E-state index in [1.807, 2.05) is 0 Å². The first-order chi connectivity index (χ1) is 16.2. The van der Waals surface area contributed by atoms with Crippen LogP contribution in [0, 0.1) is 11.8 Å². The summed E-state index contributed by atoms with van der Waals surface area (Å²) in [6.45, 7) is 5.73. The predicted molar refractivity (Wildman–Crippen MR) is 134 cm³/mol. The molecule has 3 aliphatic rings. The lowest BCUT2D eigenvalue weighted by atomic mass is 9.85. The number of piperidine rings is 1. The maximum absolute atomic E-state index is 13.1. The maximum Gasteiger partial charge on any atom is 0.220 e. The highest BCUT2D eigenvalue weighted by Gasteiger charge is 2.29. The molecule has 0 aromatic heterocycles. The quantitative estimate of drug-likeness (QED) is 0.646. The number of amides is 1. The van der Waals surface area contributed by atoms with Crippen molar-refractivity contribution in [1.82, 2.24) is 15.1 Å². The van der Waals surface area contributed by atoms with E-state index in [1.165, 1.54) is 48.2 Å². The molecule has 1 N–H and O–H groups in total. The summed E-state index contributed by atoms with van der Waals surface area (Å²) >= 11 is 0. The molecule has 1 aliphatic carbocycles. The number of fused-ring (bicyclic) bond motifs is 1. The zero-order chi connectivity index (χ0) is 22.6. The molecule has 2 heterocycles. The monoisotopic (exact) mass is 445 g/mol. The van der Waals surface area contributed by atoms with E-state index in [4.69, 9.17) is 0 Å². The van der Waals surface area contributed by atoms with Crippen LogP contribution in [0.5, 0.6) is 0 Å². The zero-order valence-corrected chi connectivity index (χ0v) is 20.1. The van der Waals surface area contributed by atoms with E-state index in [9.17, 15) is 4.79 Å². The average Bonchev–Trinajstić information content (AvgIpc) is 3.66. The second-order valence-corrected chi connectivity index (χ2v) is 10.6. The van der Waals surface area contributed by atoms with E-state index in [-0.39, 0.29) is 11.9 Å². The molecule has 176 valence electrons. The summed E-state index contributed by atoms with van der Waals surface area (Å²) < 4.78 is 0. The second kappa shape index (κ2) is 10.4. The van der Waals surface area contributed by atoms with Crippen LogP contribution in [-0.2, 0) is 24.2 Å². The molecule has 33 heavy (non-hydrogen) atoms. The summed E-state index contributed by atoms with van der Waals surface area (Å²) in [7, 11) is 2.19.